The first-order chi connectivity index (χ1) is 22.3. The molecule has 0 aliphatic carbocycles. The van der Waals surface area contributed by atoms with Crippen LogP contribution in [0.15, 0.2) is 127 Å². The van der Waals surface area contributed by atoms with Crippen LogP contribution in [-0.4, -0.2) is 15.0 Å². The first-order valence-corrected chi connectivity index (χ1v) is 17.2. The van der Waals surface area contributed by atoms with Gasteiger partial charge in [0.2, 0.25) is 0 Å². The van der Waals surface area contributed by atoms with Crippen LogP contribution < -0.4 is 0 Å². The van der Waals surface area contributed by atoms with Gasteiger partial charge in [0.25, 0.3) is 0 Å². The van der Waals surface area contributed by atoms with Crippen LogP contribution in [0.25, 0.3) is 94.7 Å². The van der Waals surface area contributed by atoms with Crippen LogP contribution in [0.1, 0.15) is 0 Å². The second-order valence-electron chi connectivity index (χ2n) is 11.1. The van der Waals surface area contributed by atoms with E-state index in [2.05, 4.69) is 91.0 Å². The minimum absolute atomic E-state index is 0.676. The van der Waals surface area contributed by atoms with Crippen molar-refractivity contribution >= 4 is 94.5 Å². The van der Waals surface area contributed by atoms with Crippen LogP contribution >= 0.6 is 34.0 Å². The van der Waals surface area contributed by atoms with Gasteiger partial charge in [0.1, 0.15) is 0 Å². The van der Waals surface area contributed by atoms with E-state index in [1.165, 1.54) is 60.5 Å². The van der Waals surface area contributed by atoms with E-state index in [9.17, 15) is 0 Å². The third-order valence-electron chi connectivity index (χ3n) is 8.53. The van der Waals surface area contributed by atoms with Crippen molar-refractivity contribution in [3.05, 3.63) is 127 Å². The summed E-state index contributed by atoms with van der Waals surface area (Å²) in [5.74, 6) is 2.04. The Morgan fingerprint density at radius 2 is 0.822 bits per heavy atom. The quantitative estimate of drug-likeness (QED) is 0.196. The number of nitrogens with zero attached hydrogens (tertiary/aromatic N) is 3. The second kappa shape index (κ2) is 9.74. The van der Waals surface area contributed by atoms with Crippen LogP contribution in [0.2, 0.25) is 0 Å². The van der Waals surface area contributed by atoms with Crippen molar-refractivity contribution in [1.82, 2.24) is 15.0 Å². The van der Waals surface area contributed by atoms with Crippen molar-refractivity contribution in [2.75, 3.05) is 0 Å². The third kappa shape index (κ3) is 3.77. The fourth-order valence-corrected chi connectivity index (χ4v) is 10.5. The van der Waals surface area contributed by atoms with E-state index in [1.807, 2.05) is 70.4 Å². The molecule has 0 fully saturated rings. The van der Waals surface area contributed by atoms with E-state index in [4.69, 9.17) is 15.0 Å². The first kappa shape index (κ1) is 25.3. The average Bonchev–Trinajstić information content (AvgIpc) is 3.80. The molecule has 0 saturated heterocycles. The van der Waals surface area contributed by atoms with Crippen molar-refractivity contribution in [3.63, 3.8) is 0 Å². The molecule has 6 heteroatoms. The minimum atomic E-state index is 0.676. The molecule has 45 heavy (non-hydrogen) atoms. The number of rotatable bonds is 3. The predicted octanol–water partition coefficient (Wildman–Crippen LogP) is 12.0. The van der Waals surface area contributed by atoms with Gasteiger partial charge < -0.3 is 0 Å². The van der Waals surface area contributed by atoms with Gasteiger partial charge in [-0.05, 0) is 18.2 Å². The van der Waals surface area contributed by atoms with Gasteiger partial charge in [-0.15, -0.1) is 34.0 Å². The van der Waals surface area contributed by atoms with Crippen LogP contribution in [0.5, 0.6) is 0 Å². The molecule has 10 aromatic rings. The maximum Gasteiger partial charge on any atom is 0.165 e. The zero-order valence-electron chi connectivity index (χ0n) is 23.7. The predicted molar refractivity (Wildman–Crippen MR) is 195 cm³/mol. The lowest BCUT2D eigenvalue weighted by Crippen LogP contribution is -2.00. The zero-order valence-corrected chi connectivity index (χ0v) is 26.1. The number of fused-ring (bicyclic) bond motifs is 12. The van der Waals surface area contributed by atoms with Crippen molar-refractivity contribution in [1.29, 1.82) is 0 Å². The number of thiophene rings is 3. The van der Waals surface area contributed by atoms with Crippen LogP contribution in [-0.2, 0) is 0 Å². The summed E-state index contributed by atoms with van der Waals surface area (Å²) in [6, 6.07) is 44.7. The summed E-state index contributed by atoms with van der Waals surface area (Å²) in [6.07, 6.45) is 0. The molecule has 0 amide bonds. The van der Waals surface area contributed by atoms with E-state index in [-0.39, 0.29) is 0 Å². The third-order valence-corrected chi connectivity index (χ3v) is 12.3. The molecule has 0 radical (unpaired) electrons. The highest BCUT2D eigenvalue weighted by molar-refractivity contribution is 7.35. The highest BCUT2D eigenvalue weighted by Gasteiger charge is 2.23. The van der Waals surface area contributed by atoms with E-state index in [0.29, 0.717) is 17.5 Å². The van der Waals surface area contributed by atoms with Crippen LogP contribution in [0.4, 0.5) is 0 Å². The molecule has 0 spiro atoms. The summed E-state index contributed by atoms with van der Waals surface area (Å²) in [5, 5.41) is 7.96. The van der Waals surface area contributed by atoms with Gasteiger partial charge in [-0.3, -0.25) is 0 Å². The number of benzene rings is 6. The van der Waals surface area contributed by atoms with Gasteiger partial charge in [0, 0.05) is 67.8 Å². The van der Waals surface area contributed by atoms with Gasteiger partial charge in [-0.25, -0.2) is 15.0 Å². The van der Waals surface area contributed by atoms with Crippen molar-refractivity contribution in [3.8, 4) is 34.2 Å². The van der Waals surface area contributed by atoms with E-state index in [1.54, 1.807) is 0 Å². The largest absolute Gasteiger partial charge is 0.208 e. The molecule has 0 aliphatic rings. The molecule has 0 aliphatic heterocycles. The highest BCUT2D eigenvalue weighted by atomic mass is 32.1. The zero-order chi connectivity index (χ0) is 29.5. The Morgan fingerprint density at radius 3 is 1.47 bits per heavy atom. The van der Waals surface area contributed by atoms with E-state index >= 15 is 0 Å². The molecule has 6 aromatic carbocycles. The minimum Gasteiger partial charge on any atom is -0.208 e. The highest BCUT2D eigenvalue weighted by Crippen LogP contribution is 2.53. The summed E-state index contributed by atoms with van der Waals surface area (Å²) in [7, 11) is 0. The fourth-order valence-electron chi connectivity index (χ4n) is 6.53. The molecule has 4 aromatic heterocycles. The van der Waals surface area contributed by atoms with E-state index in [0.717, 1.165) is 16.7 Å². The monoisotopic (exact) mass is 627 g/mol. The maximum atomic E-state index is 5.11. The lowest BCUT2D eigenvalue weighted by Gasteiger charge is -2.09. The molecule has 10 rings (SSSR count). The molecule has 0 bridgehead atoms. The molecule has 0 N–H and O–H groups in total. The summed E-state index contributed by atoms with van der Waals surface area (Å²) in [6.45, 7) is 0. The van der Waals surface area contributed by atoms with Crippen molar-refractivity contribution in [2.45, 2.75) is 0 Å². The van der Waals surface area contributed by atoms with Crippen molar-refractivity contribution < 1.29 is 0 Å². The van der Waals surface area contributed by atoms with Crippen LogP contribution in [0.3, 0.4) is 0 Å². The van der Waals surface area contributed by atoms with Gasteiger partial charge in [0.15, 0.2) is 17.5 Å². The van der Waals surface area contributed by atoms with Gasteiger partial charge in [-0.1, -0.05) is 109 Å². The van der Waals surface area contributed by atoms with Gasteiger partial charge in [-0.2, -0.15) is 0 Å². The topological polar surface area (TPSA) is 38.7 Å². The molecular weight excluding hydrogens is 607 g/mol. The first-order valence-electron chi connectivity index (χ1n) is 14.8. The summed E-state index contributed by atoms with van der Waals surface area (Å²) in [5.41, 5.74) is 2.98. The molecule has 4 heterocycles. The Morgan fingerprint density at radius 1 is 0.333 bits per heavy atom. The van der Waals surface area contributed by atoms with Crippen molar-refractivity contribution in [2.24, 2.45) is 0 Å². The standard InChI is InChI=1S/C39H21N3S3/c1-3-12-22(13-4-1)37-40-38(23-14-5-2-6-15-23)42-39(41-37)27-19-11-18-26-31-30-24-16-7-9-20-28(24)43-35(30)36-32(34(31)45-33(26)27)25-17-8-10-21-29(25)44-36/h1-21H. The number of hydrogen-bond acceptors (Lipinski definition) is 6. The Balaban J connectivity index is 1.35. The molecule has 3 nitrogen and oxygen atoms in total. The Labute approximate surface area is 269 Å². The van der Waals surface area contributed by atoms with Crippen LogP contribution in [0, 0.1) is 0 Å². The summed E-state index contributed by atoms with van der Waals surface area (Å²) >= 11 is 5.70. The summed E-state index contributed by atoms with van der Waals surface area (Å²) in [4.78, 5) is 15.2. The Bertz CT molecular complexity index is 2700. The molecule has 0 saturated carbocycles. The average molecular weight is 628 g/mol. The molecule has 0 unspecified atom stereocenters. The Kier molecular flexibility index (Phi) is 5.49. The molecular formula is C39H21N3S3. The fraction of sp³-hybridized carbons (Fsp3) is 0. The smallest absolute Gasteiger partial charge is 0.165 e. The number of hydrogen-bond donors (Lipinski definition) is 0. The second-order valence-corrected chi connectivity index (χ2v) is 14.3. The molecule has 210 valence electrons. The van der Waals surface area contributed by atoms with Gasteiger partial charge >= 0.3 is 0 Å². The normalized spacial score (nSPS) is 12.0. The van der Waals surface area contributed by atoms with Gasteiger partial charge in [0.05, 0.1) is 9.40 Å². The summed E-state index contributed by atoms with van der Waals surface area (Å²) < 4.78 is 7.95. The maximum absolute atomic E-state index is 5.11. The molecule has 0 atom stereocenters. The lowest BCUT2D eigenvalue weighted by molar-refractivity contribution is 1.08. The Hall–Kier alpha value is -5.01. The SMILES string of the molecule is c1ccc(-c2nc(-c3ccccc3)nc(-c3cccc4c3sc3c5c6ccccc6sc5c5sc6ccccc6c5c43)n2)cc1. The lowest BCUT2D eigenvalue weighted by atomic mass is 10.0. The van der Waals surface area contributed by atoms with E-state index < -0.39 is 0 Å². The number of aromatic nitrogens is 3.